The molecule has 164 valence electrons. The summed E-state index contributed by atoms with van der Waals surface area (Å²) in [6.07, 6.45) is 0. The fourth-order valence-electron chi connectivity index (χ4n) is 4.97. The first-order valence-electron chi connectivity index (χ1n) is 11.4. The molecule has 0 saturated carbocycles. The molecule has 0 aromatic heterocycles. The van der Waals surface area contributed by atoms with Gasteiger partial charge in [0.15, 0.2) is 0 Å². The Bertz CT molecular complexity index is 1100. The summed E-state index contributed by atoms with van der Waals surface area (Å²) in [5.74, 6) is -0.182. The Labute approximate surface area is 195 Å². The predicted molar refractivity (Wildman–Crippen MR) is 131 cm³/mol. The molecule has 3 nitrogen and oxygen atoms in total. The summed E-state index contributed by atoms with van der Waals surface area (Å²) in [6, 6.07) is 40.9. The summed E-state index contributed by atoms with van der Waals surface area (Å²) >= 11 is 0. The maximum absolute atomic E-state index is 13.3. The van der Waals surface area contributed by atoms with Crippen LogP contribution in [0.15, 0.2) is 121 Å². The minimum Gasteiger partial charge on any atom is -0.460 e. The normalized spacial score (nSPS) is 19.6. The van der Waals surface area contributed by atoms with Gasteiger partial charge >= 0.3 is 5.97 Å². The van der Waals surface area contributed by atoms with Gasteiger partial charge in [-0.25, -0.2) is 0 Å². The predicted octanol–water partition coefficient (Wildman–Crippen LogP) is 5.79. The van der Waals surface area contributed by atoms with Gasteiger partial charge in [-0.15, -0.1) is 0 Å². The van der Waals surface area contributed by atoms with Gasteiger partial charge in [0.25, 0.3) is 0 Å². The zero-order chi connectivity index (χ0) is 22.7. The Kier molecular flexibility index (Phi) is 5.80. The molecule has 4 aromatic carbocycles. The molecule has 4 aromatic rings. The summed E-state index contributed by atoms with van der Waals surface area (Å²) in [4.78, 5) is 15.6. The van der Waals surface area contributed by atoms with Gasteiger partial charge in [-0.1, -0.05) is 121 Å². The lowest BCUT2D eigenvalue weighted by Gasteiger charge is -2.38. The van der Waals surface area contributed by atoms with E-state index in [1.165, 1.54) is 0 Å². The Hall–Kier alpha value is -3.69. The van der Waals surface area contributed by atoms with Gasteiger partial charge in [0.05, 0.1) is 5.54 Å². The van der Waals surface area contributed by atoms with Crippen molar-refractivity contribution in [3.8, 4) is 0 Å². The average Bonchev–Trinajstić information content (AvgIpc) is 3.56. The van der Waals surface area contributed by atoms with Gasteiger partial charge in [-0.2, -0.15) is 0 Å². The third-order valence-corrected chi connectivity index (χ3v) is 6.53. The van der Waals surface area contributed by atoms with Crippen LogP contribution in [0, 0.1) is 0 Å². The summed E-state index contributed by atoms with van der Waals surface area (Å²) in [6.45, 7) is 2.39. The van der Waals surface area contributed by atoms with Crippen molar-refractivity contribution in [3.05, 3.63) is 144 Å². The van der Waals surface area contributed by atoms with E-state index in [0.717, 1.165) is 22.3 Å². The van der Waals surface area contributed by atoms with Crippen molar-refractivity contribution in [2.45, 2.75) is 31.2 Å². The van der Waals surface area contributed by atoms with E-state index in [1.807, 2.05) is 48.5 Å². The number of esters is 1. The van der Waals surface area contributed by atoms with Gasteiger partial charge in [0.2, 0.25) is 0 Å². The van der Waals surface area contributed by atoms with Crippen LogP contribution in [-0.4, -0.2) is 23.0 Å². The van der Waals surface area contributed by atoms with Gasteiger partial charge < -0.3 is 4.74 Å². The quantitative estimate of drug-likeness (QED) is 0.210. The number of hydrogen-bond acceptors (Lipinski definition) is 3. The molecule has 1 unspecified atom stereocenters. The molecular formula is C30H27NO2. The number of carbonyl (C=O) groups excluding carboxylic acids is 1. The maximum atomic E-state index is 13.3. The van der Waals surface area contributed by atoms with Crippen molar-refractivity contribution in [1.82, 2.24) is 4.90 Å². The molecule has 0 bridgehead atoms. The van der Waals surface area contributed by atoms with Crippen molar-refractivity contribution in [2.24, 2.45) is 0 Å². The lowest BCUT2D eigenvalue weighted by atomic mass is 9.76. The molecule has 0 amide bonds. The Balaban J connectivity index is 1.57. The number of carbonyl (C=O) groups is 1. The topological polar surface area (TPSA) is 29.3 Å². The van der Waals surface area contributed by atoms with E-state index in [-0.39, 0.29) is 24.7 Å². The van der Waals surface area contributed by atoms with E-state index < -0.39 is 5.54 Å². The number of rotatable bonds is 7. The zero-order valence-corrected chi connectivity index (χ0v) is 18.7. The van der Waals surface area contributed by atoms with Crippen LogP contribution < -0.4 is 0 Å². The van der Waals surface area contributed by atoms with E-state index >= 15 is 0 Å². The smallest absolute Gasteiger partial charge is 0.325 e. The molecular weight excluding hydrogens is 406 g/mol. The van der Waals surface area contributed by atoms with Crippen LogP contribution in [0.3, 0.4) is 0 Å². The first-order chi connectivity index (χ1) is 16.2. The highest BCUT2D eigenvalue weighted by atomic mass is 16.5. The van der Waals surface area contributed by atoms with E-state index in [2.05, 4.69) is 84.6 Å². The van der Waals surface area contributed by atoms with E-state index in [1.54, 1.807) is 0 Å². The third kappa shape index (κ3) is 3.85. The monoisotopic (exact) mass is 433 g/mol. The average molecular weight is 434 g/mol. The molecule has 0 radical (unpaired) electrons. The second kappa shape index (κ2) is 9.05. The van der Waals surface area contributed by atoms with Crippen LogP contribution in [0.25, 0.3) is 0 Å². The zero-order valence-electron chi connectivity index (χ0n) is 18.7. The van der Waals surface area contributed by atoms with Crippen LogP contribution in [0.2, 0.25) is 0 Å². The SMILES string of the molecule is C[C@H]1[C@H](C(=O)OCc2ccccc2)N1C(c1ccccc1)(c1ccccc1)c1ccccc1. The fourth-order valence-corrected chi connectivity index (χ4v) is 4.97. The van der Waals surface area contributed by atoms with E-state index in [4.69, 9.17) is 4.74 Å². The second-order valence-electron chi connectivity index (χ2n) is 8.49. The molecule has 1 saturated heterocycles. The molecule has 0 N–H and O–H groups in total. The Morgan fingerprint density at radius 2 is 1.09 bits per heavy atom. The third-order valence-electron chi connectivity index (χ3n) is 6.53. The largest absolute Gasteiger partial charge is 0.460 e. The lowest BCUT2D eigenvalue weighted by Crippen LogP contribution is -2.40. The first kappa shape index (κ1) is 21.2. The standard InChI is InChI=1S/C30H27NO2/c1-23-28(29(32)33-22-24-14-6-2-7-15-24)31(23)30(25-16-8-3-9-17-25,26-18-10-4-11-19-26)27-20-12-5-13-21-27/h2-21,23,28H,22H2,1H3/t23-,28+,31?/m0/s1. The number of benzene rings is 4. The highest BCUT2D eigenvalue weighted by molar-refractivity contribution is 5.81. The summed E-state index contributed by atoms with van der Waals surface area (Å²) in [5.41, 5.74) is 3.79. The fraction of sp³-hybridized carbons (Fsp3) is 0.167. The van der Waals surface area contributed by atoms with Crippen LogP contribution in [0.4, 0.5) is 0 Å². The van der Waals surface area contributed by atoms with Gasteiger partial charge in [0.1, 0.15) is 12.6 Å². The number of nitrogens with zero attached hydrogens (tertiary/aromatic N) is 1. The summed E-state index contributed by atoms with van der Waals surface area (Å²) < 4.78 is 5.77. The van der Waals surface area contributed by atoms with E-state index in [9.17, 15) is 4.79 Å². The minimum atomic E-state index is -0.598. The van der Waals surface area contributed by atoms with Crippen molar-refractivity contribution < 1.29 is 9.53 Å². The molecule has 33 heavy (non-hydrogen) atoms. The van der Waals surface area contributed by atoms with Crippen LogP contribution in [0.5, 0.6) is 0 Å². The van der Waals surface area contributed by atoms with Crippen LogP contribution in [0.1, 0.15) is 29.2 Å². The highest BCUT2D eigenvalue weighted by Crippen LogP contribution is 2.51. The van der Waals surface area contributed by atoms with Crippen molar-refractivity contribution in [3.63, 3.8) is 0 Å². The summed E-state index contributed by atoms with van der Waals surface area (Å²) in [5, 5.41) is 0. The lowest BCUT2D eigenvalue weighted by molar-refractivity contribution is -0.145. The van der Waals surface area contributed by atoms with Crippen molar-refractivity contribution >= 4 is 5.97 Å². The molecule has 3 heteroatoms. The Morgan fingerprint density at radius 3 is 1.52 bits per heavy atom. The molecule has 1 aliphatic heterocycles. The van der Waals surface area contributed by atoms with Crippen molar-refractivity contribution in [2.75, 3.05) is 0 Å². The maximum Gasteiger partial charge on any atom is 0.325 e. The molecule has 3 atom stereocenters. The molecule has 1 aliphatic rings. The van der Waals surface area contributed by atoms with Gasteiger partial charge in [-0.3, -0.25) is 9.69 Å². The van der Waals surface area contributed by atoms with Crippen molar-refractivity contribution in [1.29, 1.82) is 0 Å². The number of ether oxygens (including phenoxy) is 1. The van der Waals surface area contributed by atoms with E-state index in [0.29, 0.717) is 0 Å². The van der Waals surface area contributed by atoms with Crippen LogP contribution in [-0.2, 0) is 21.7 Å². The van der Waals surface area contributed by atoms with Gasteiger partial charge in [0, 0.05) is 6.04 Å². The molecule has 0 aliphatic carbocycles. The Morgan fingerprint density at radius 1 is 0.697 bits per heavy atom. The molecule has 0 spiro atoms. The molecule has 1 heterocycles. The number of hydrogen-bond donors (Lipinski definition) is 0. The van der Waals surface area contributed by atoms with Crippen LogP contribution >= 0.6 is 0 Å². The molecule has 1 fully saturated rings. The molecule has 5 rings (SSSR count). The first-order valence-corrected chi connectivity index (χ1v) is 11.4. The van der Waals surface area contributed by atoms with Gasteiger partial charge in [-0.05, 0) is 29.2 Å². The second-order valence-corrected chi connectivity index (χ2v) is 8.49. The highest BCUT2D eigenvalue weighted by Gasteiger charge is 2.62. The minimum absolute atomic E-state index is 0.0360. The summed E-state index contributed by atoms with van der Waals surface area (Å²) in [7, 11) is 0.